The summed E-state index contributed by atoms with van der Waals surface area (Å²) in [6.45, 7) is 0.173. The first-order chi connectivity index (χ1) is 9.38. The lowest BCUT2D eigenvalue weighted by atomic mass is 10.1. The minimum atomic E-state index is -4.69. The fraction of sp³-hybridized carbons (Fsp3) is 0.143. The van der Waals surface area contributed by atoms with Gasteiger partial charge in [0.1, 0.15) is 5.82 Å². The molecule has 1 N–H and O–H groups in total. The molecule has 106 valence electrons. The molecule has 1 nitrogen and oxygen atoms in total. The van der Waals surface area contributed by atoms with Crippen LogP contribution in [-0.4, -0.2) is 0 Å². The summed E-state index contributed by atoms with van der Waals surface area (Å²) in [7, 11) is 0. The molecule has 0 aliphatic carbocycles. The Morgan fingerprint density at radius 3 is 2.40 bits per heavy atom. The molecule has 0 fully saturated rings. The van der Waals surface area contributed by atoms with Crippen molar-refractivity contribution in [3.63, 3.8) is 0 Å². The Morgan fingerprint density at radius 1 is 1.05 bits per heavy atom. The van der Waals surface area contributed by atoms with Crippen LogP contribution >= 0.6 is 15.9 Å². The molecule has 0 radical (unpaired) electrons. The number of anilines is 1. The summed E-state index contributed by atoms with van der Waals surface area (Å²) in [5.41, 5.74) is -0.135. The summed E-state index contributed by atoms with van der Waals surface area (Å²) in [4.78, 5) is 0. The third kappa shape index (κ3) is 3.50. The summed E-state index contributed by atoms with van der Waals surface area (Å²) >= 11 is 3.33. The van der Waals surface area contributed by atoms with Crippen LogP contribution in [0.15, 0.2) is 46.9 Å². The van der Waals surface area contributed by atoms with Crippen LogP contribution in [0.5, 0.6) is 0 Å². The molecule has 20 heavy (non-hydrogen) atoms. The first-order valence-corrected chi connectivity index (χ1v) is 6.51. The summed E-state index contributed by atoms with van der Waals surface area (Å²) in [5.74, 6) is -1.26. The zero-order valence-corrected chi connectivity index (χ0v) is 11.7. The average molecular weight is 348 g/mol. The predicted octanol–water partition coefficient (Wildman–Crippen LogP) is 5.22. The zero-order valence-electron chi connectivity index (χ0n) is 10.1. The van der Waals surface area contributed by atoms with E-state index in [1.165, 1.54) is 6.07 Å². The quantitative estimate of drug-likeness (QED) is 0.750. The van der Waals surface area contributed by atoms with Crippen LogP contribution in [0.3, 0.4) is 0 Å². The number of halogens is 5. The Morgan fingerprint density at radius 2 is 1.75 bits per heavy atom. The lowest BCUT2D eigenvalue weighted by Gasteiger charge is -2.12. The van der Waals surface area contributed by atoms with Gasteiger partial charge in [0.2, 0.25) is 0 Å². The van der Waals surface area contributed by atoms with Gasteiger partial charge in [-0.05, 0) is 45.8 Å². The average Bonchev–Trinajstić information content (AvgIpc) is 2.38. The molecule has 2 rings (SSSR count). The normalized spacial score (nSPS) is 11.4. The smallest absolute Gasteiger partial charge is 0.380 e. The minimum Gasteiger partial charge on any atom is -0.380 e. The van der Waals surface area contributed by atoms with E-state index in [0.717, 1.165) is 22.3 Å². The molecule has 0 aliphatic rings. The van der Waals surface area contributed by atoms with Crippen LogP contribution in [0.25, 0.3) is 0 Å². The maximum absolute atomic E-state index is 13.1. The van der Waals surface area contributed by atoms with Gasteiger partial charge in [-0.1, -0.05) is 18.2 Å². The van der Waals surface area contributed by atoms with Crippen molar-refractivity contribution in [1.82, 2.24) is 0 Å². The molecule has 2 aromatic rings. The van der Waals surface area contributed by atoms with Gasteiger partial charge < -0.3 is 5.32 Å². The molecule has 0 atom stereocenters. The number of alkyl halides is 3. The van der Waals surface area contributed by atoms with Crippen LogP contribution in [0.1, 0.15) is 11.1 Å². The second-order valence-electron chi connectivity index (χ2n) is 4.15. The maximum Gasteiger partial charge on any atom is 0.419 e. The topological polar surface area (TPSA) is 12.0 Å². The van der Waals surface area contributed by atoms with Gasteiger partial charge in [-0.2, -0.15) is 13.2 Å². The standard InChI is InChI=1S/C14H10BrF4N/c15-11-3-1-2-4-13(11)20-8-9-5-6-12(16)10(7-9)14(17,18)19/h1-7,20H,8H2. The molecule has 2 aromatic carbocycles. The fourth-order valence-electron chi connectivity index (χ4n) is 1.70. The summed E-state index contributed by atoms with van der Waals surface area (Å²) in [6.07, 6.45) is -4.69. The van der Waals surface area contributed by atoms with Gasteiger partial charge >= 0.3 is 6.18 Å². The van der Waals surface area contributed by atoms with Gasteiger partial charge in [0.25, 0.3) is 0 Å². The number of hydrogen-bond acceptors (Lipinski definition) is 1. The number of rotatable bonds is 3. The molecule has 0 aromatic heterocycles. The van der Waals surface area contributed by atoms with Crippen molar-refractivity contribution in [3.05, 3.63) is 63.9 Å². The number of para-hydroxylation sites is 1. The highest BCUT2D eigenvalue weighted by Crippen LogP contribution is 2.32. The van der Waals surface area contributed by atoms with Crippen molar-refractivity contribution in [2.24, 2.45) is 0 Å². The SMILES string of the molecule is Fc1ccc(CNc2ccccc2Br)cc1C(F)(F)F. The fourth-order valence-corrected chi connectivity index (χ4v) is 2.13. The second kappa shape index (κ2) is 5.83. The monoisotopic (exact) mass is 347 g/mol. The van der Waals surface area contributed by atoms with Gasteiger partial charge in [-0.15, -0.1) is 0 Å². The molecule has 0 amide bonds. The van der Waals surface area contributed by atoms with Crippen molar-refractivity contribution >= 4 is 21.6 Å². The Balaban J connectivity index is 2.17. The molecule has 0 saturated heterocycles. The molecule has 0 saturated carbocycles. The molecular formula is C14H10BrF4N. The van der Waals surface area contributed by atoms with Crippen molar-refractivity contribution < 1.29 is 17.6 Å². The van der Waals surface area contributed by atoms with E-state index in [-0.39, 0.29) is 6.54 Å². The Kier molecular flexibility index (Phi) is 4.32. The summed E-state index contributed by atoms with van der Waals surface area (Å²) in [5, 5.41) is 2.99. The molecule has 0 unspecified atom stereocenters. The number of benzene rings is 2. The van der Waals surface area contributed by atoms with Gasteiger partial charge in [0.15, 0.2) is 0 Å². The van der Waals surface area contributed by atoms with Gasteiger partial charge in [-0.25, -0.2) is 4.39 Å². The van der Waals surface area contributed by atoms with E-state index in [1.54, 1.807) is 12.1 Å². The highest BCUT2D eigenvalue weighted by Gasteiger charge is 2.34. The highest BCUT2D eigenvalue weighted by molar-refractivity contribution is 9.10. The van der Waals surface area contributed by atoms with E-state index < -0.39 is 17.6 Å². The molecule has 6 heteroatoms. The van der Waals surface area contributed by atoms with E-state index in [0.29, 0.717) is 5.56 Å². The van der Waals surface area contributed by atoms with Gasteiger partial charge in [0, 0.05) is 16.7 Å². The third-order valence-electron chi connectivity index (χ3n) is 2.69. The Hall–Kier alpha value is -1.56. The second-order valence-corrected chi connectivity index (χ2v) is 5.00. The largest absolute Gasteiger partial charge is 0.419 e. The predicted molar refractivity (Wildman–Crippen MR) is 72.9 cm³/mol. The van der Waals surface area contributed by atoms with E-state index in [4.69, 9.17) is 0 Å². The Bertz CT molecular complexity index is 610. The third-order valence-corrected chi connectivity index (χ3v) is 3.38. The van der Waals surface area contributed by atoms with Crippen molar-refractivity contribution in [2.45, 2.75) is 12.7 Å². The first kappa shape index (κ1) is 14.8. The maximum atomic E-state index is 13.1. The van der Waals surface area contributed by atoms with E-state index >= 15 is 0 Å². The van der Waals surface area contributed by atoms with Crippen molar-refractivity contribution in [1.29, 1.82) is 0 Å². The van der Waals surface area contributed by atoms with Crippen molar-refractivity contribution in [3.8, 4) is 0 Å². The molecule has 0 heterocycles. The summed E-state index contributed by atoms with van der Waals surface area (Å²) < 4.78 is 51.7. The van der Waals surface area contributed by atoms with Crippen LogP contribution < -0.4 is 5.32 Å². The minimum absolute atomic E-state index is 0.173. The number of nitrogens with one attached hydrogen (secondary N) is 1. The van der Waals surface area contributed by atoms with Crippen LogP contribution in [0.2, 0.25) is 0 Å². The summed E-state index contributed by atoms with van der Waals surface area (Å²) in [6, 6.07) is 10.2. The molecule has 0 aliphatic heterocycles. The molecule has 0 spiro atoms. The van der Waals surface area contributed by atoms with E-state index in [9.17, 15) is 17.6 Å². The molecular weight excluding hydrogens is 338 g/mol. The number of hydrogen-bond donors (Lipinski definition) is 1. The van der Waals surface area contributed by atoms with Crippen LogP contribution in [-0.2, 0) is 12.7 Å². The molecule has 0 bridgehead atoms. The van der Waals surface area contributed by atoms with E-state index in [1.807, 2.05) is 12.1 Å². The van der Waals surface area contributed by atoms with Gasteiger partial charge in [-0.3, -0.25) is 0 Å². The van der Waals surface area contributed by atoms with Crippen LogP contribution in [0.4, 0.5) is 23.2 Å². The van der Waals surface area contributed by atoms with E-state index in [2.05, 4.69) is 21.2 Å². The first-order valence-electron chi connectivity index (χ1n) is 5.72. The van der Waals surface area contributed by atoms with Crippen molar-refractivity contribution in [2.75, 3.05) is 5.32 Å². The lowest BCUT2D eigenvalue weighted by Crippen LogP contribution is -2.10. The Labute approximate surface area is 121 Å². The van der Waals surface area contributed by atoms with Crippen LogP contribution in [0, 0.1) is 5.82 Å². The lowest BCUT2D eigenvalue weighted by molar-refractivity contribution is -0.140. The zero-order chi connectivity index (χ0) is 14.8. The highest BCUT2D eigenvalue weighted by atomic mass is 79.9. The van der Waals surface area contributed by atoms with Gasteiger partial charge in [0.05, 0.1) is 5.56 Å².